The summed E-state index contributed by atoms with van der Waals surface area (Å²) in [6.45, 7) is 0.399. The number of ether oxygens (including phenoxy) is 2. The van der Waals surface area contributed by atoms with Gasteiger partial charge in [0, 0.05) is 9.50 Å². The van der Waals surface area contributed by atoms with Crippen LogP contribution in [-0.2, 0) is 17.8 Å². The van der Waals surface area contributed by atoms with Crippen LogP contribution in [0.25, 0.3) is 0 Å². The highest BCUT2D eigenvalue weighted by Gasteiger charge is 2.12. The van der Waals surface area contributed by atoms with Gasteiger partial charge in [-0.3, -0.25) is 4.79 Å². The quantitative estimate of drug-likeness (QED) is 0.263. The first kappa shape index (κ1) is 23.3. The minimum atomic E-state index is -0.223. The van der Waals surface area contributed by atoms with Gasteiger partial charge in [-0.2, -0.15) is 5.10 Å². The number of amides is 1. The van der Waals surface area contributed by atoms with Crippen LogP contribution in [0, 0.1) is 0 Å². The zero-order chi connectivity index (χ0) is 22.2. The molecule has 0 aromatic heterocycles. The van der Waals surface area contributed by atoms with E-state index in [9.17, 15) is 4.79 Å². The summed E-state index contributed by atoms with van der Waals surface area (Å²) in [4.78, 5) is 12.1. The number of nitrogens with zero attached hydrogens (tertiary/aromatic N) is 1. The molecule has 0 heterocycles. The maximum atomic E-state index is 12.1. The van der Waals surface area contributed by atoms with Gasteiger partial charge in [-0.05, 0) is 69.0 Å². The normalized spacial score (nSPS) is 10.8. The van der Waals surface area contributed by atoms with Crippen LogP contribution in [0.3, 0.4) is 0 Å². The van der Waals surface area contributed by atoms with Crippen LogP contribution in [0.5, 0.6) is 11.5 Å². The summed E-state index contributed by atoms with van der Waals surface area (Å²) >= 11 is 12.8. The molecule has 0 radical (unpaired) electrons. The molecule has 0 atom stereocenters. The monoisotopic (exact) mass is 564 g/mol. The number of methoxy groups -OCH3 is 1. The first-order chi connectivity index (χ1) is 14.9. The lowest BCUT2D eigenvalue weighted by Gasteiger charge is -2.13. The highest BCUT2D eigenvalue weighted by atomic mass is 79.9. The van der Waals surface area contributed by atoms with Gasteiger partial charge in [0.05, 0.1) is 24.2 Å². The third-order valence-corrected chi connectivity index (χ3v) is 5.60. The first-order valence-electron chi connectivity index (χ1n) is 9.25. The van der Waals surface area contributed by atoms with Crippen molar-refractivity contribution >= 4 is 55.6 Å². The van der Waals surface area contributed by atoms with Crippen molar-refractivity contribution in [1.82, 2.24) is 5.43 Å². The highest BCUT2D eigenvalue weighted by molar-refractivity contribution is 9.10. The summed E-state index contributed by atoms with van der Waals surface area (Å²) in [7, 11) is 1.57. The highest BCUT2D eigenvalue weighted by Crippen LogP contribution is 2.36. The number of carbonyl (C=O) groups excluding carboxylic acids is 1. The molecule has 1 amide bonds. The largest absolute Gasteiger partial charge is 0.493 e. The number of nitrogens with one attached hydrogen (secondary N) is 1. The SMILES string of the molecule is COc1cc(/C=N/NC(=O)Cc2ccc(Cl)cc2)cc(Br)c1OCc1ccc(Br)cc1. The summed E-state index contributed by atoms with van der Waals surface area (Å²) in [5.41, 5.74) is 5.15. The molecule has 160 valence electrons. The van der Waals surface area contributed by atoms with E-state index in [-0.39, 0.29) is 12.3 Å². The minimum absolute atomic E-state index is 0.213. The Kier molecular flexibility index (Phi) is 8.51. The number of hydrogen-bond donors (Lipinski definition) is 1. The van der Waals surface area contributed by atoms with Gasteiger partial charge in [0.15, 0.2) is 11.5 Å². The van der Waals surface area contributed by atoms with E-state index in [2.05, 4.69) is 42.4 Å². The van der Waals surface area contributed by atoms with E-state index >= 15 is 0 Å². The van der Waals surface area contributed by atoms with E-state index < -0.39 is 0 Å². The van der Waals surface area contributed by atoms with Gasteiger partial charge in [-0.15, -0.1) is 0 Å². The van der Waals surface area contributed by atoms with Crippen LogP contribution >= 0.6 is 43.5 Å². The molecule has 0 aliphatic rings. The van der Waals surface area contributed by atoms with Gasteiger partial charge in [0.25, 0.3) is 0 Å². The molecule has 0 aliphatic heterocycles. The molecule has 0 spiro atoms. The fourth-order valence-corrected chi connectivity index (χ4v) is 3.66. The second-order valence-electron chi connectivity index (χ2n) is 6.55. The number of hydrazone groups is 1. The molecule has 1 N–H and O–H groups in total. The lowest BCUT2D eigenvalue weighted by Crippen LogP contribution is -2.19. The molecule has 0 saturated carbocycles. The van der Waals surface area contributed by atoms with Gasteiger partial charge in [0.2, 0.25) is 5.91 Å². The molecule has 0 unspecified atom stereocenters. The Morgan fingerprint density at radius 2 is 1.74 bits per heavy atom. The predicted octanol–water partition coefficient (Wildman–Crippen LogP) is 6.15. The molecule has 3 rings (SSSR count). The molecule has 0 saturated heterocycles. The Labute approximate surface area is 202 Å². The van der Waals surface area contributed by atoms with Crippen molar-refractivity contribution in [3.8, 4) is 11.5 Å². The second kappa shape index (κ2) is 11.3. The predicted molar refractivity (Wildman–Crippen MR) is 130 cm³/mol. The van der Waals surface area contributed by atoms with E-state index in [1.807, 2.05) is 30.3 Å². The maximum Gasteiger partial charge on any atom is 0.244 e. The van der Waals surface area contributed by atoms with Crippen molar-refractivity contribution in [2.24, 2.45) is 5.10 Å². The standard InChI is InChI=1S/C23H19Br2ClN2O3/c1-30-21-11-17(13-27-28-22(29)12-15-4-8-19(26)9-5-15)10-20(25)23(21)31-14-16-2-6-18(24)7-3-16/h2-11,13H,12,14H2,1H3,(H,28,29)/b27-13+. The van der Waals surface area contributed by atoms with E-state index in [0.29, 0.717) is 23.1 Å². The summed E-state index contributed by atoms with van der Waals surface area (Å²) in [6.07, 6.45) is 1.76. The number of benzene rings is 3. The number of halogens is 3. The number of rotatable bonds is 8. The second-order valence-corrected chi connectivity index (χ2v) is 8.75. The molecule has 3 aromatic rings. The Morgan fingerprint density at radius 1 is 1.06 bits per heavy atom. The Hall–Kier alpha value is -2.35. The lowest BCUT2D eigenvalue weighted by atomic mass is 10.1. The summed E-state index contributed by atoms with van der Waals surface area (Å²) in [5, 5.41) is 4.66. The molecular weight excluding hydrogens is 548 g/mol. The topological polar surface area (TPSA) is 59.9 Å². The van der Waals surface area contributed by atoms with Crippen molar-refractivity contribution < 1.29 is 14.3 Å². The number of carbonyl (C=O) groups is 1. The zero-order valence-electron chi connectivity index (χ0n) is 16.6. The Morgan fingerprint density at radius 3 is 2.42 bits per heavy atom. The van der Waals surface area contributed by atoms with Crippen molar-refractivity contribution in [1.29, 1.82) is 0 Å². The van der Waals surface area contributed by atoms with Gasteiger partial charge < -0.3 is 9.47 Å². The molecule has 0 bridgehead atoms. The van der Waals surface area contributed by atoms with Gasteiger partial charge >= 0.3 is 0 Å². The van der Waals surface area contributed by atoms with Crippen molar-refractivity contribution in [2.45, 2.75) is 13.0 Å². The van der Waals surface area contributed by atoms with Gasteiger partial charge in [-0.1, -0.05) is 51.8 Å². The van der Waals surface area contributed by atoms with Crippen LogP contribution in [-0.4, -0.2) is 19.2 Å². The van der Waals surface area contributed by atoms with Crippen LogP contribution in [0.4, 0.5) is 0 Å². The third-order valence-electron chi connectivity index (χ3n) is 4.23. The van der Waals surface area contributed by atoms with Crippen molar-refractivity contribution in [2.75, 3.05) is 7.11 Å². The maximum absolute atomic E-state index is 12.1. The minimum Gasteiger partial charge on any atom is -0.493 e. The molecule has 0 aliphatic carbocycles. The van der Waals surface area contributed by atoms with Crippen LogP contribution in [0.1, 0.15) is 16.7 Å². The third kappa shape index (κ3) is 7.09. The average molecular weight is 567 g/mol. The van der Waals surface area contributed by atoms with Crippen molar-refractivity contribution in [3.05, 3.63) is 91.3 Å². The average Bonchev–Trinajstić information content (AvgIpc) is 2.75. The summed E-state index contributed by atoms with van der Waals surface area (Å²) in [6, 6.07) is 18.6. The van der Waals surface area contributed by atoms with E-state index in [0.717, 1.165) is 25.6 Å². The molecule has 5 nitrogen and oxygen atoms in total. The Bertz CT molecular complexity index is 1070. The molecule has 0 fully saturated rings. The summed E-state index contributed by atoms with van der Waals surface area (Å²) in [5.74, 6) is 0.925. The first-order valence-corrected chi connectivity index (χ1v) is 11.2. The van der Waals surface area contributed by atoms with Gasteiger partial charge in [-0.25, -0.2) is 5.43 Å². The smallest absolute Gasteiger partial charge is 0.244 e. The molecule has 31 heavy (non-hydrogen) atoms. The van der Waals surface area contributed by atoms with E-state index in [1.54, 1.807) is 43.7 Å². The van der Waals surface area contributed by atoms with Crippen LogP contribution < -0.4 is 14.9 Å². The molecular formula is C23H19Br2ClN2O3. The molecule has 8 heteroatoms. The van der Waals surface area contributed by atoms with Gasteiger partial charge in [0.1, 0.15) is 6.61 Å². The van der Waals surface area contributed by atoms with E-state index in [1.165, 1.54) is 0 Å². The molecule has 3 aromatic carbocycles. The van der Waals surface area contributed by atoms with Crippen LogP contribution in [0.2, 0.25) is 5.02 Å². The Balaban J connectivity index is 1.62. The lowest BCUT2D eigenvalue weighted by molar-refractivity contribution is -0.120. The number of hydrogen-bond acceptors (Lipinski definition) is 4. The zero-order valence-corrected chi connectivity index (χ0v) is 20.5. The summed E-state index contributed by atoms with van der Waals surface area (Å²) < 4.78 is 13.1. The van der Waals surface area contributed by atoms with Crippen LogP contribution in [0.15, 0.2) is 74.7 Å². The fraction of sp³-hybridized carbons (Fsp3) is 0.130. The van der Waals surface area contributed by atoms with Crippen molar-refractivity contribution in [3.63, 3.8) is 0 Å². The fourth-order valence-electron chi connectivity index (χ4n) is 2.70. The van der Waals surface area contributed by atoms with E-state index in [4.69, 9.17) is 21.1 Å².